The summed E-state index contributed by atoms with van der Waals surface area (Å²) in [6, 6.07) is 9.82. The molecule has 0 radical (unpaired) electrons. The zero-order valence-corrected chi connectivity index (χ0v) is 13.7. The Kier molecular flexibility index (Phi) is 5.80. The molecule has 3 atom stereocenters. The lowest BCUT2D eigenvalue weighted by molar-refractivity contribution is -0.161. The van der Waals surface area contributed by atoms with Gasteiger partial charge in [-0.1, -0.05) is 50.1 Å². The molecular formula is C19H26O4. The van der Waals surface area contributed by atoms with Crippen molar-refractivity contribution in [3.63, 3.8) is 0 Å². The second-order valence-corrected chi connectivity index (χ2v) is 6.76. The lowest BCUT2D eigenvalue weighted by Gasteiger charge is -2.43. The standard InChI is InChI=1S/C19H26O4/c1-2-3-10-19(18(22)23)11-9-15(17(20)21)13-16(19)12-14-7-5-4-6-8-14/h4-8,15-16H,2-3,9-13H2,1H3,(H,20,21)(H,22,23). The summed E-state index contributed by atoms with van der Waals surface area (Å²) in [6.45, 7) is 2.06. The number of hydrogen-bond acceptors (Lipinski definition) is 2. The lowest BCUT2D eigenvalue weighted by atomic mass is 9.59. The number of carboxylic acids is 2. The molecule has 126 valence electrons. The third-order valence-corrected chi connectivity index (χ3v) is 5.37. The molecule has 4 heteroatoms. The van der Waals surface area contributed by atoms with Crippen molar-refractivity contribution in [3.05, 3.63) is 35.9 Å². The van der Waals surface area contributed by atoms with Crippen LogP contribution in [0.3, 0.4) is 0 Å². The van der Waals surface area contributed by atoms with Crippen LogP contribution in [0.15, 0.2) is 30.3 Å². The van der Waals surface area contributed by atoms with Crippen LogP contribution in [0.2, 0.25) is 0 Å². The number of carboxylic acid groups (broad SMARTS) is 2. The minimum absolute atomic E-state index is 0.121. The first-order valence-corrected chi connectivity index (χ1v) is 8.49. The monoisotopic (exact) mass is 318 g/mol. The van der Waals surface area contributed by atoms with Crippen LogP contribution in [0.5, 0.6) is 0 Å². The van der Waals surface area contributed by atoms with E-state index in [4.69, 9.17) is 0 Å². The number of rotatable bonds is 7. The van der Waals surface area contributed by atoms with Crippen molar-refractivity contribution in [2.45, 2.75) is 51.9 Å². The SMILES string of the molecule is CCCCC1(C(=O)O)CCC(C(=O)O)CC1Cc1ccccc1. The number of aliphatic carboxylic acids is 2. The molecule has 1 aromatic rings. The van der Waals surface area contributed by atoms with Crippen LogP contribution in [-0.4, -0.2) is 22.2 Å². The summed E-state index contributed by atoms with van der Waals surface area (Å²) in [6.07, 6.45) is 4.50. The molecule has 1 aliphatic carbocycles. The van der Waals surface area contributed by atoms with Crippen molar-refractivity contribution < 1.29 is 19.8 Å². The molecule has 0 spiro atoms. The predicted octanol–water partition coefficient (Wildman–Crippen LogP) is 3.99. The highest BCUT2D eigenvalue weighted by Gasteiger charge is 2.49. The Morgan fingerprint density at radius 3 is 2.48 bits per heavy atom. The van der Waals surface area contributed by atoms with Gasteiger partial charge in [0.15, 0.2) is 0 Å². The Bertz CT molecular complexity index is 540. The molecule has 2 rings (SSSR count). The lowest BCUT2D eigenvalue weighted by Crippen LogP contribution is -2.45. The van der Waals surface area contributed by atoms with Gasteiger partial charge in [-0.15, -0.1) is 0 Å². The van der Waals surface area contributed by atoms with Crippen LogP contribution in [0.4, 0.5) is 0 Å². The summed E-state index contributed by atoms with van der Waals surface area (Å²) >= 11 is 0. The zero-order chi connectivity index (χ0) is 16.9. The molecule has 1 fully saturated rings. The van der Waals surface area contributed by atoms with Gasteiger partial charge in [0.1, 0.15) is 0 Å². The highest BCUT2D eigenvalue weighted by atomic mass is 16.4. The van der Waals surface area contributed by atoms with Crippen LogP contribution in [-0.2, 0) is 16.0 Å². The van der Waals surface area contributed by atoms with Crippen molar-refractivity contribution in [2.75, 3.05) is 0 Å². The van der Waals surface area contributed by atoms with E-state index in [0.29, 0.717) is 32.1 Å². The third-order valence-electron chi connectivity index (χ3n) is 5.37. The van der Waals surface area contributed by atoms with E-state index in [1.165, 1.54) is 0 Å². The largest absolute Gasteiger partial charge is 0.481 e. The molecule has 0 heterocycles. The first-order chi connectivity index (χ1) is 11.0. The molecule has 0 bridgehead atoms. The van der Waals surface area contributed by atoms with Gasteiger partial charge in [0.05, 0.1) is 11.3 Å². The van der Waals surface area contributed by atoms with E-state index in [1.54, 1.807) is 0 Å². The fraction of sp³-hybridized carbons (Fsp3) is 0.579. The van der Waals surface area contributed by atoms with Gasteiger partial charge in [-0.3, -0.25) is 9.59 Å². The van der Waals surface area contributed by atoms with Crippen LogP contribution in [0.25, 0.3) is 0 Å². The van der Waals surface area contributed by atoms with Crippen molar-refractivity contribution in [1.29, 1.82) is 0 Å². The van der Waals surface area contributed by atoms with Crippen molar-refractivity contribution in [1.82, 2.24) is 0 Å². The highest BCUT2D eigenvalue weighted by Crippen LogP contribution is 2.48. The molecule has 0 aromatic heterocycles. The van der Waals surface area contributed by atoms with E-state index in [2.05, 4.69) is 6.92 Å². The first kappa shape index (κ1) is 17.5. The van der Waals surface area contributed by atoms with Gasteiger partial charge in [0, 0.05) is 0 Å². The molecule has 0 amide bonds. The van der Waals surface area contributed by atoms with Crippen LogP contribution < -0.4 is 0 Å². The van der Waals surface area contributed by atoms with Gasteiger partial charge < -0.3 is 10.2 Å². The maximum atomic E-state index is 12.1. The smallest absolute Gasteiger partial charge is 0.309 e. The molecule has 1 aromatic carbocycles. The van der Waals surface area contributed by atoms with Gasteiger partial charge in [0.2, 0.25) is 0 Å². The summed E-state index contributed by atoms with van der Waals surface area (Å²) in [4.78, 5) is 23.5. The highest BCUT2D eigenvalue weighted by molar-refractivity contribution is 5.76. The van der Waals surface area contributed by atoms with Gasteiger partial charge in [-0.25, -0.2) is 0 Å². The van der Waals surface area contributed by atoms with E-state index in [1.807, 2.05) is 30.3 Å². The quantitative estimate of drug-likeness (QED) is 0.797. The van der Waals surface area contributed by atoms with E-state index in [-0.39, 0.29) is 5.92 Å². The summed E-state index contributed by atoms with van der Waals surface area (Å²) in [5.41, 5.74) is 0.309. The minimum Gasteiger partial charge on any atom is -0.481 e. The van der Waals surface area contributed by atoms with E-state index < -0.39 is 23.3 Å². The predicted molar refractivity (Wildman–Crippen MR) is 88.2 cm³/mol. The second kappa shape index (κ2) is 7.62. The van der Waals surface area contributed by atoms with Crippen LogP contribution >= 0.6 is 0 Å². The minimum atomic E-state index is -0.794. The Morgan fingerprint density at radius 2 is 1.91 bits per heavy atom. The molecule has 3 unspecified atom stereocenters. The third kappa shape index (κ3) is 3.92. The number of unbranched alkanes of at least 4 members (excludes halogenated alkanes) is 1. The molecule has 23 heavy (non-hydrogen) atoms. The molecule has 1 saturated carbocycles. The molecular weight excluding hydrogens is 292 g/mol. The van der Waals surface area contributed by atoms with Crippen LogP contribution in [0.1, 0.15) is 51.0 Å². The topological polar surface area (TPSA) is 74.6 Å². The number of hydrogen-bond donors (Lipinski definition) is 2. The summed E-state index contributed by atoms with van der Waals surface area (Å²) in [5.74, 6) is -2.09. The number of carbonyl (C=O) groups is 2. The normalized spacial score (nSPS) is 27.5. The number of benzene rings is 1. The van der Waals surface area contributed by atoms with E-state index in [0.717, 1.165) is 18.4 Å². The Balaban J connectivity index is 2.29. The maximum Gasteiger partial charge on any atom is 0.309 e. The maximum absolute atomic E-state index is 12.1. The Hall–Kier alpha value is -1.84. The average Bonchev–Trinajstić information content (AvgIpc) is 2.54. The molecule has 4 nitrogen and oxygen atoms in total. The molecule has 0 saturated heterocycles. The second-order valence-electron chi connectivity index (χ2n) is 6.76. The van der Waals surface area contributed by atoms with E-state index in [9.17, 15) is 19.8 Å². The van der Waals surface area contributed by atoms with Gasteiger partial charge in [-0.2, -0.15) is 0 Å². The van der Waals surface area contributed by atoms with Crippen LogP contribution in [0, 0.1) is 17.3 Å². The molecule has 0 aliphatic heterocycles. The van der Waals surface area contributed by atoms with Crippen molar-refractivity contribution in [3.8, 4) is 0 Å². The fourth-order valence-corrected chi connectivity index (χ4v) is 3.93. The van der Waals surface area contributed by atoms with Crippen molar-refractivity contribution in [2.24, 2.45) is 17.3 Å². The van der Waals surface area contributed by atoms with E-state index >= 15 is 0 Å². The van der Waals surface area contributed by atoms with Gasteiger partial charge in [0.25, 0.3) is 0 Å². The fourth-order valence-electron chi connectivity index (χ4n) is 3.93. The summed E-state index contributed by atoms with van der Waals surface area (Å²) in [5, 5.41) is 19.3. The Morgan fingerprint density at radius 1 is 1.22 bits per heavy atom. The zero-order valence-electron chi connectivity index (χ0n) is 13.7. The average molecular weight is 318 g/mol. The molecule has 1 aliphatic rings. The summed E-state index contributed by atoms with van der Waals surface area (Å²) in [7, 11) is 0. The Labute approximate surface area is 137 Å². The van der Waals surface area contributed by atoms with Gasteiger partial charge in [-0.05, 0) is 43.6 Å². The molecule has 2 N–H and O–H groups in total. The first-order valence-electron chi connectivity index (χ1n) is 8.49. The summed E-state index contributed by atoms with van der Waals surface area (Å²) < 4.78 is 0. The van der Waals surface area contributed by atoms with Gasteiger partial charge >= 0.3 is 11.9 Å². The van der Waals surface area contributed by atoms with Crippen molar-refractivity contribution >= 4 is 11.9 Å².